The predicted molar refractivity (Wildman–Crippen MR) is 68.5 cm³/mol. The van der Waals surface area contributed by atoms with Crippen LogP contribution in [-0.4, -0.2) is 21.3 Å². The average molecular weight is 264 g/mol. The maximum absolute atomic E-state index is 10.6. The summed E-state index contributed by atoms with van der Waals surface area (Å²) >= 11 is 5.99. The second kappa shape index (κ2) is 5.01. The number of aromatic nitrogens is 2. The largest absolute Gasteiger partial charge is 0.476 e. The SMILES string of the molecule is Cc1ccc(Nc2ccc(C(=O)O)nn2)cc1Cl. The van der Waals surface area contributed by atoms with Gasteiger partial charge >= 0.3 is 5.97 Å². The minimum Gasteiger partial charge on any atom is -0.476 e. The van der Waals surface area contributed by atoms with Crippen LogP contribution in [0.5, 0.6) is 0 Å². The minimum atomic E-state index is -1.10. The van der Waals surface area contributed by atoms with Crippen molar-refractivity contribution in [2.75, 3.05) is 5.32 Å². The van der Waals surface area contributed by atoms with E-state index >= 15 is 0 Å². The van der Waals surface area contributed by atoms with Gasteiger partial charge in [0.15, 0.2) is 11.5 Å². The van der Waals surface area contributed by atoms with Gasteiger partial charge in [0.05, 0.1) is 0 Å². The lowest BCUT2D eigenvalue weighted by molar-refractivity contribution is 0.0689. The number of carbonyl (C=O) groups is 1. The van der Waals surface area contributed by atoms with E-state index in [0.29, 0.717) is 10.8 Å². The molecule has 0 amide bonds. The van der Waals surface area contributed by atoms with E-state index in [2.05, 4.69) is 15.5 Å². The molecule has 18 heavy (non-hydrogen) atoms. The zero-order valence-corrected chi connectivity index (χ0v) is 10.3. The van der Waals surface area contributed by atoms with Gasteiger partial charge in [-0.2, -0.15) is 0 Å². The maximum atomic E-state index is 10.6. The Hall–Kier alpha value is -2.14. The molecule has 0 aliphatic carbocycles. The van der Waals surface area contributed by atoms with Crippen LogP contribution in [0, 0.1) is 6.92 Å². The second-order valence-corrected chi connectivity index (χ2v) is 4.11. The summed E-state index contributed by atoms with van der Waals surface area (Å²) in [7, 11) is 0. The summed E-state index contributed by atoms with van der Waals surface area (Å²) in [6.07, 6.45) is 0. The Balaban J connectivity index is 2.18. The zero-order valence-electron chi connectivity index (χ0n) is 9.51. The van der Waals surface area contributed by atoms with Crippen molar-refractivity contribution in [1.82, 2.24) is 10.2 Å². The number of rotatable bonds is 3. The number of benzene rings is 1. The van der Waals surface area contributed by atoms with Gasteiger partial charge in [-0.1, -0.05) is 17.7 Å². The number of nitrogens with zero attached hydrogens (tertiary/aromatic N) is 2. The molecule has 6 heteroatoms. The van der Waals surface area contributed by atoms with Gasteiger partial charge in [0.1, 0.15) is 0 Å². The van der Waals surface area contributed by atoms with Crippen LogP contribution < -0.4 is 5.32 Å². The normalized spacial score (nSPS) is 10.1. The first-order valence-corrected chi connectivity index (χ1v) is 5.54. The Kier molecular flexibility index (Phi) is 3.43. The molecule has 0 saturated heterocycles. The van der Waals surface area contributed by atoms with Crippen LogP contribution in [0.25, 0.3) is 0 Å². The zero-order chi connectivity index (χ0) is 13.1. The van der Waals surface area contributed by atoms with Crippen LogP contribution in [-0.2, 0) is 0 Å². The lowest BCUT2D eigenvalue weighted by Gasteiger charge is -2.06. The van der Waals surface area contributed by atoms with Gasteiger partial charge in [0.25, 0.3) is 0 Å². The Morgan fingerprint density at radius 3 is 2.61 bits per heavy atom. The molecular formula is C12H10ClN3O2. The van der Waals surface area contributed by atoms with Gasteiger partial charge in [-0.15, -0.1) is 10.2 Å². The number of anilines is 2. The molecule has 2 aromatic rings. The summed E-state index contributed by atoms with van der Waals surface area (Å²) < 4.78 is 0. The summed E-state index contributed by atoms with van der Waals surface area (Å²) in [4.78, 5) is 10.6. The van der Waals surface area contributed by atoms with Crippen molar-refractivity contribution >= 4 is 29.1 Å². The minimum absolute atomic E-state index is 0.0949. The molecule has 0 aliphatic rings. The van der Waals surface area contributed by atoms with Gasteiger partial charge in [-0.25, -0.2) is 4.79 Å². The van der Waals surface area contributed by atoms with Crippen LogP contribution in [0.1, 0.15) is 16.1 Å². The van der Waals surface area contributed by atoms with Crippen LogP contribution in [0.15, 0.2) is 30.3 Å². The number of hydrogen-bond acceptors (Lipinski definition) is 4. The molecule has 0 bridgehead atoms. The molecule has 0 aliphatic heterocycles. The summed E-state index contributed by atoms with van der Waals surface area (Å²) in [5.74, 6) is -0.646. The number of aromatic carboxylic acids is 1. The average Bonchev–Trinajstić information content (AvgIpc) is 2.34. The van der Waals surface area contributed by atoms with Crippen LogP contribution in [0.4, 0.5) is 11.5 Å². The van der Waals surface area contributed by atoms with Crippen LogP contribution in [0.2, 0.25) is 5.02 Å². The van der Waals surface area contributed by atoms with Gasteiger partial charge < -0.3 is 10.4 Å². The molecular weight excluding hydrogens is 254 g/mol. The Bertz CT molecular complexity index is 584. The molecule has 0 radical (unpaired) electrons. The molecule has 0 unspecified atom stereocenters. The highest BCUT2D eigenvalue weighted by atomic mass is 35.5. The van der Waals surface area contributed by atoms with Crippen LogP contribution in [0.3, 0.4) is 0 Å². The third-order valence-electron chi connectivity index (χ3n) is 2.33. The Morgan fingerprint density at radius 1 is 1.28 bits per heavy atom. The summed E-state index contributed by atoms with van der Waals surface area (Å²) in [6.45, 7) is 1.91. The second-order valence-electron chi connectivity index (χ2n) is 3.70. The molecule has 0 fully saturated rings. The topological polar surface area (TPSA) is 75.1 Å². The van der Waals surface area contributed by atoms with E-state index in [1.165, 1.54) is 6.07 Å². The molecule has 0 spiro atoms. The highest BCUT2D eigenvalue weighted by molar-refractivity contribution is 6.31. The lowest BCUT2D eigenvalue weighted by Crippen LogP contribution is -2.03. The highest BCUT2D eigenvalue weighted by Crippen LogP contribution is 2.22. The van der Waals surface area contributed by atoms with E-state index < -0.39 is 5.97 Å². The van der Waals surface area contributed by atoms with Crippen molar-refractivity contribution in [2.45, 2.75) is 6.92 Å². The standard InChI is InChI=1S/C12H10ClN3O2/c1-7-2-3-8(6-9(7)13)14-11-5-4-10(12(17)18)15-16-11/h2-6H,1H3,(H,14,16)(H,17,18). The van der Waals surface area contributed by atoms with Crippen molar-refractivity contribution in [2.24, 2.45) is 0 Å². The number of carboxylic acids is 1. The number of aryl methyl sites for hydroxylation is 1. The molecule has 2 rings (SSSR count). The van der Waals surface area contributed by atoms with E-state index in [4.69, 9.17) is 16.7 Å². The number of carboxylic acid groups (broad SMARTS) is 1. The smallest absolute Gasteiger partial charge is 0.356 e. The quantitative estimate of drug-likeness (QED) is 0.891. The van der Waals surface area contributed by atoms with E-state index in [9.17, 15) is 4.79 Å². The predicted octanol–water partition coefficient (Wildman–Crippen LogP) is 2.88. The first kappa shape index (κ1) is 12.3. The maximum Gasteiger partial charge on any atom is 0.356 e. The molecule has 1 heterocycles. The molecule has 92 valence electrons. The number of halogens is 1. The molecule has 0 saturated carbocycles. The fourth-order valence-corrected chi connectivity index (χ4v) is 1.51. The van der Waals surface area contributed by atoms with Crippen molar-refractivity contribution in [3.8, 4) is 0 Å². The third kappa shape index (κ3) is 2.75. The molecule has 1 aromatic heterocycles. The monoisotopic (exact) mass is 263 g/mol. The van der Waals surface area contributed by atoms with E-state index in [0.717, 1.165) is 11.3 Å². The summed E-state index contributed by atoms with van der Waals surface area (Å²) in [6, 6.07) is 8.43. The first-order chi connectivity index (χ1) is 8.56. The highest BCUT2D eigenvalue weighted by Gasteiger charge is 2.05. The lowest BCUT2D eigenvalue weighted by atomic mass is 10.2. The molecule has 1 aromatic carbocycles. The van der Waals surface area contributed by atoms with Crippen molar-refractivity contribution < 1.29 is 9.90 Å². The van der Waals surface area contributed by atoms with Crippen molar-refractivity contribution in [3.63, 3.8) is 0 Å². The van der Waals surface area contributed by atoms with Gasteiger partial charge in [-0.3, -0.25) is 0 Å². The van der Waals surface area contributed by atoms with Crippen molar-refractivity contribution in [3.05, 3.63) is 46.6 Å². The first-order valence-electron chi connectivity index (χ1n) is 5.16. The fourth-order valence-electron chi connectivity index (χ4n) is 1.33. The van der Waals surface area contributed by atoms with Gasteiger partial charge in [0, 0.05) is 10.7 Å². The number of nitrogens with one attached hydrogen (secondary N) is 1. The molecule has 2 N–H and O–H groups in total. The van der Waals surface area contributed by atoms with Gasteiger partial charge in [-0.05, 0) is 36.8 Å². The fraction of sp³-hybridized carbons (Fsp3) is 0.0833. The third-order valence-corrected chi connectivity index (χ3v) is 2.74. The van der Waals surface area contributed by atoms with Crippen LogP contribution >= 0.6 is 11.6 Å². The van der Waals surface area contributed by atoms with Gasteiger partial charge in [0.2, 0.25) is 0 Å². The molecule has 5 nitrogen and oxygen atoms in total. The Labute approximate surface area is 108 Å². The molecule has 0 atom stereocenters. The number of hydrogen-bond donors (Lipinski definition) is 2. The van der Waals surface area contributed by atoms with E-state index in [-0.39, 0.29) is 5.69 Å². The van der Waals surface area contributed by atoms with E-state index in [1.54, 1.807) is 12.1 Å². The summed E-state index contributed by atoms with van der Waals surface area (Å²) in [5, 5.41) is 19.7. The van der Waals surface area contributed by atoms with Crippen molar-refractivity contribution in [1.29, 1.82) is 0 Å². The summed E-state index contributed by atoms with van der Waals surface area (Å²) in [5.41, 5.74) is 1.65. The van der Waals surface area contributed by atoms with E-state index in [1.807, 2.05) is 19.1 Å². The Morgan fingerprint density at radius 2 is 2.06 bits per heavy atom.